The van der Waals surface area contributed by atoms with Crippen LogP contribution in [0.2, 0.25) is 0 Å². The van der Waals surface area contributed by atoms with Gasteiger partial charge in [-0.15, -0.1) is 0 Å². The van der Waals surface area contributed by atoms with Gasteiger partial charge >= 0.3 is 35.8 Å². The first-order valence-corrected chi connectivity index (χ1v) is 28.9. The van der Waals surface area contributed by atoms with Crippen molar-refractivity contribution in [1.29, 1.82) is 0 Å². The number of methoxy groups -OCH3 is 2. The van der Waals surface area contributed by atoms with E-state index >= 15 is 0 Å². The SMILES string of the molecule is CCCCCCCCCCCCCC(=O)NC(CCC(=O)NC(CCC(=O)NC(CCC(=O)NC(CCC(=O)NC(CCC(=O)NC(CCC(=O)NC)C(=O)OCCOCCOC)C(=O)O)C(=O)O)C(=O)OCCOCCOC)C(=O)O)C(=O)O. The van der Waals surface area contributed by atoms with Crippen LogP contribution in [0, 0.1) is 0 Å². The molecule has 0 heterocycles. The second-order valence-electron chi connectivity index (χ2n) is 19.8. The zero-order valence-electron chi connectivity index (χ0n) is 49.6. The summed E-state index contributed by atoms with van der Waals surface area (Å²) in [5.74, 6) is -13.6. The fourth-order valence-corrected chi connectivity index (χ4v) is 7.95. The van der Waals surface area contributed by atoms with Crippen LogP contribution in [-0.2, 0) is 90.8 Å². The van der Waals surface area contributed by atoms with E-state index in [0.29, 0.717) is 13.0 Å². The minimum atomic E-state index is -1.74. The first-order valence-electron chi connectivity index (χ1n) is 28.9. The predicted octanol–water partition coefficient (Wildman–Crippen LogP) is 0.774. The molecule has 0 aliphatic rings. The van der Waals surface area contributed by atoms with E-state index in [1.54, 1.807) is 0 Å². The van der Waals surface area contributed by atoms with Gasteiger partial charge in [0.15, 0.2) is 0 Å². The summed E-state index contributed by atoms with van der Waals surface area (Å²) in [4.78, 5) is 163. The van der Waals surface area contributed by atoms with Crippen molar-refractivity contribution in [2.24, 2.45) is 0 Å². The molecule has 0 aromatic rings. The number of ether oxygens (including phenoxy) is 6. The molecular formula is C55H93N7O23. The molecule has 0 fully saturated rings. The third kappa shape index (κ3) is 41.6. The molecule has 0 radical (unpaired) electrons. The number of hydrogen-bond donors (Lipinski definition) is 11. The van der Waals surface area contributed by atoms with Crippen molar-refractivity contribution in [3.63, 3.8) is 0 Å². The summed E-state index contributed by atoms with van der Waals surface area (Å²) in [6.07, 6.45) is 6.15. The molecule has 6 atom stereocenters. The molecule has 7 amide bonds. The molecule has 0 aromatic carbocycles. The molecule has 0 aliphatic carbocycles. The van der Waals surface area contributed by atoms with Crippen molar-refractivity contribution in [2.45, 2.75) is 197 Å². The summed E-state index contributed by atoms with van der Waals surface area (Å²) < 4.78 is 30.6. The Morgan fingerprint density at radius 3 is 0.847 bits per heavy atom. The zero-order chi connectivity index (χ0) is 63.8. The van der Waals surface area contributed by atoms with Crippen molar-refractivity contribution in [3.05, 3.63) is 0 Å². The number of aliphatic carboxylic acids is 4. The molecule has 486 valence electrons. The molecule has 85 heavy (non-hydrogen) atoms. The zero-order valence-corrected chi connectivity index (χ0v) is 49.6. The van der Waals surface area contributed by atoms with Crippen LogP contribution in [0.15, 0.2) is 0 Å². The Kier molecular flexibility index (Phi) is 45.2. The average molecular weight is 1220 g/mol. The Labute approximate surface area is 495 Å². The van der Waals surface area contributed by atoms with E-state index in [1.165, 1.54) is 59.8 Å². The van der Waals surface area contributed by atoms with Crippen LogP contribution in [0.1, 0.15) is 161 Å². The number of carboxylic acid groups (broad SMARTS) is 4. The van der Waals surface area contributed by atoms with Gasteiger partial charge in [0.05, 0.1) is 39.6 Å². The Morgan fingerprint density at radius 1 is 0.318 bits per heavy atom. The van der Waals surface area contributed by atoms with Crippen LogP contribution in [0.5, 0.6) is 0 Å². The maximum atomic E-state index is 13.2. The van der Waals surface area contributed by atoms with Crippen LogP contribution in [0.4, 0.5) is 0 Å². The maximum absolute atomic E-state index is 13.2. The second-order valence-corrected chi connectivity index (χ2v) is 19.8. The highest BCUT2D eigenvalue weighted by molar-refractivity contribution is 5.90. The van der Waals surface area contributed by atoms with Gasteiger partial charge in [-0.05, 0) is 44.9 Å². The molecule has 0 spiro atoms. The molecule has 0 aromatic heterocycles. The van der Waals surface area contributed by atoms with E-state index in [1.807, 2.05) is 0 Å². The summed E-state index contributed by atoms with van der Waals surface area (Å²) in [6.45, 7) is 2.50. The van der Waals surface area contributed by atoms with Crippen LogP contribution in [0.3, 0.4) is 0 Å². The lowest BCUT2D eigenvalue weighted by Crippen LogP contribution is -2.46. The summed E-state index contributed by atoms with van der Waals surface area (Å²) in [5, 5.41) is 55.3. The molecule has 30 nitrogen and oxygen atoms in total. The van der Waals surface area contributed by atoms with E-state index in [9.17, 15) is 82.8 Å². The first-order chi connectivity index (χ1) is 40.6. The Hall–Kier alpha value is -7.05. The van der Waals surface area contributed by atoms with Crippen molar-refractivity contribution in [2.75, 3.05) is 74.1 Å². The Balaban J connectivity index is 5.50. The lowest BCUT2D eigenvalue weighted by molar-refractivity contribution is -0.150. The quantitative estimate of drug-likeness (QED) is 0.0296. The molecule has 0 rings (SSSR count). The molecule has 0 saturated heterocycles. The largest absolute Gasteiger partial charge is 0.480 e. The fraction of sp³-hybridized carbons (Fsp3) is 0.764. The average Bonchev–Trinajstić information content (AvgIpc) is 3.55. The standard InChI is InChI=1S/C55H93N7O23/c1-5-6-7-8-9-10-11-12-13-14-15-16-44(64)57-37(50(70)71)17-24-45(65)58-40(53(76)77)20-27-49(69)62-42(55(79)85-36-34-83-32-30-81-4)22-28-47(67)60-38(51(72)73)18-25-46(66)59-39(52(74)75)19-26-48(68)61-41(21-23-43(63)56-2)54(78)84-35-33-82-31-29-80-3/h37-42H,5-36H2,1-4H3,(H,56,63)(H,57,64)(H,58,65)(H,59,66)(H,60,67)(H,61,68)(H,62,69)(H,70,71)(H,72,73)(H,74,75)(H,76,77). The molecular weight excluding hydrogens is 1130 g/mol. The van der Waals surface area contributed by atoms with Crippen LogP contribution >= 0.6 is 0 Å². The third-order valence-corrected chi connectivity index (χ3v) is 12.8. The number of amides is 7. The molecule has 0 saturated carbocycles. The number of carbonyl (C=O) groups is 13. The Bertz CT molecular complexity index is 2060. The van der Waals surface area contributed by atoms with Gasteiger partial charge in [0.25, 0.3) is 0 Å². The lowest BCUT2D eigenvalue weighted by Gasteiger charge is -2.20. The van der Waals surface area contributed by atoms with Gasteiger partial charge < -0.3 is 86.1 Å². The van der Waals surface area contributed by atoms with Crippen molar-refractivity contribution in [1.82, 2.24) is 37.2 Å². The van der Waals surface area contributed by atoms with Gasteiger partial charge in [0.1, 0.15) is 49.5 Å². The fourth-order valence-electron chi connectivity index (χ4n) is 7.95. The maximum Gasteiger partial charge on any atom is 0.328 e. The highest BCUT2D eigenvalue weighted by Crippen LogP contribution is 2.13. The number of esters is 2. The number of unbranched alkanes of at least 4 members (excludes halogenated alkanes) is 10. The molecule has 6 unspecified atom stereocenters. The third-order valence-electron chi connectivity index (χ3n) is 12.8. The topological polar surface area (TPSA) is 442 Å². The van der Waals surface area contributed by atoms with Crippen LogP contribution in [0.25, 0.3) is 0 Å². The van der Waals surface area contributed by atoms with Crippen LogP contribution in [-0.4, -0.2) is 208 Å². The smallest absolute Gasteiger partial charge is 0.328 e. The minimum Gasteiger partial charge on any atom is -0.480 e. The summed E-state index contributed by atoms with van der Waals surface area (Å²) in [5.41, 5.74) is 0. The monoisotopic (exact) mass is 1220 g/mol. The second kappa shape index (κ2) is 49.2. The summed E-state index contributed by atoms with van der Waals surface area (Å²) in [6, 6.07) is -9.38. The van der Waals surface area contributed by atoms with Gasteiger partial charge in [-0.25, -0.2) is 28.8 Å². The van der Waals surface area contributed by atoms with E-state index in [4.69, 9.17) is 28.4 Å². The van der Waals surface area contributed by atoms with Crippen molar-refractivity contribution < 1.29 is 111 Å². The number of nitrogens with one attached hydrogen (secondary N) is 7. The summed E-state index contributed by atoms with van der Waals surface area (Å²) >= 11 is 0. The highest BCUT2D eigenvalue weighted by atomic mass is 16.6. The van der Waals surface area contributed by atoms with E-state index in [-0.39, 0.29) is 71.9 Å². The number of rotatable bonds is 54. The van der Waals surface area contributed by atoms with Gasteiger partial charge in [-0.3, -0.25) is 33.6 Å². The lowest BCUT2D eigenvalue weighted by atomic mass is 10.0. The van der Waals surface area contributed by atoms with Gasteiger partial charge in [0.2, 0.25) is 41.4 Å². The molecule has 0 bridgehead atoms. The number of carbonyl (C=O) groups excluding carboxylic acids is 9. The van der Waals surface area contributed by atoms with Crippen molar-refractivity contribution in [3.8, 4) is 0 Å². The predicted molar refractivity (Wildman–Crippen MR) is 300 cm³/mol. The number of carboxylic acids is 4. The molecule has 0 aliphatic heterocycles. The normalized spacial score (nSPS) is 13.0. The number of hydrogen-bond acceptors (Lipinski definition) is 19. The highest BCUT2D eigenvalue weighted by Gasteiger charge is 2.30. The minimum absolute atomic E-state index is 0.0146. The van der Waals surface area contributed by atoms with Gasteiger partial charge in [-0.2, -0.15) is 0 Å². The summed E-state index contributed by atoms with van der Waals surface area (Å²) in [7, 11) is 4.28. The van der Waals surface area contributed by atoms with E-state index < -0.39 is 171 Å². The van der Waals surface area contributed by atoms with E-state index in [0.717, 1.165) is 25.7 Å². The molecule has 30 heteroatoms. The van der Waals surface area contributed by atoms with Gasteiger partial charge in [0, 0.05) is 66.2 Å². The Morgan fingerprint density at radius 2 is 0.565 bits per heavy atom. The van der Waals surface area contributed by atoms with Crippen molar-refractivity contribution >= 4 is 77.2 Å². The first kappa shape index (κ1) is 78.0. The van der Waals surface area contributed by atoms with Crippen LogP contribution < -0.4 is 37.2 Å². The molecule has 11 N–H and O–H groups in total. The van der Waals surface area contributed by atoms with E-state index in [2.05, 4.69) is 44.1 Å². The van der Waals surface area contributed by atoms with Gasteiger partial charge in [-0.1, -0.05) is 71.1 Å².